The molecule has 112 valence electrons. The van der Waals surface area contributed by atoms with Gasteiger partial charge in [0, 0.05) is 13.1 Å². The van der Waals surface area contributed by atoms with Crippen molar-refractivity contribution in [3.8, 4) is 0 Å². The van der Waals surface area contributed by atoms with Crippen molar-refractivity contribution in [1.29, 1.82) is 0 Å². The molecule has 0 unspecified atom stereocenters. The molecule has 1 N–H and O–H groups in total. The fourth-order valence-corrected chi connectivity index (χ4v) is 2.06. The highest BCUT2D eigenvalue weighted by Crippen LogP contribution is 2.29. The summed E-state index contributed by atoms with van der Waals surface area (Å²) < 4.78 is 50.7. The van der Waals surface area contributed by atoms with E-state index in [9.17, 15) is 17.6 Å². The van der Waals surface area contributed by atoms with E-state index in [0.29, 0.717) is 12.1 Å². The minimum Gasteiger partial charge on any atom is -0.309 e. The lowest BCUT2D eigenvalue weighted by Gasteiger charge is -2.10. The number of alkyl halides is 3. The standard InChI is InChI=1S/C15H12ClF4N/c16-13-7-11(4-5-14(13)17)9-21-8-10-2-1-3-12(6-10)15(18,19)20/h1-7,21H,8-9H2. The zero-order valence-corrected chi connectivity index (χ0v) is 11.6. The van der Waals surface area contributed by atoms with Gasteiger partial charge in [0.2, 0.25) is 0 Å². The maximum atomic E-state index is 13.0. The molecule has 0 radical (unpaired) electrons. The molecular weight excluding hydrogens is 306 g/mol. The van der Waals surface area contributed by atoms with Gasteiger partial charge in [0.1, 0.15) is 5.82 Å². The van der Waals surface area contributed by atoms with E-state index in [0.717, 1.165) is 17.7 Å². The lowest BCUT2D eigenvalue weighted by Crippen LogP contribution is -2.13. The van der Waals surface area contributed by atoms with Crippen LogP contribution in [0.2, 0.25) is 5.02 Å². The third kappa shape index (κ3) is 4.44. The lowest BCUT2D eigenvalue weighted by molar-refractivity contribution is -0.137. The van der Waals surface area contributed by atoms with Crippen LogP contribution in [0.1, 0.15) is 16.7 Å². The molecule has 0 spiro atoms. The van der Waals surface area contributed by atoms with E-state index in [4.69, 9.17) is 11.6 Å². The fourth-order valence-electron chi connectivity index (χ4n) is 1.86. The lowest BCUT2D eigenvalue weighted by atomic mass is 10.1. The van der Waals surface area contributed by atoms with E-state index in [1.165, 1.54) is 18.2 Å². The number of rotatable bonds is 4. The second kappa shape index (κ2) is 6.45. The number of benzene rings is 2. The molecule has 0 saturated heterocycles. The van der Waals surface area contributed by atoms with Gasteiger partial charge in [0.05, 0.1) is 10.6 Å². The SMILES string of the molecule is Fc1ccc(CNCc2cccc(C(F)(F)F)c2)cc1Cl. The zero-order chi connectivity index (χ0) is 15.5. The Morgan fingerprint density at radius 1 is 0.952 bits per heavy atom. The van der Waals surface area contributed by atoms with Crippen LogP contribution in [-0.4, -0.2) is 0 Å². The molecule has 2 aromatic rings. The van der Waals surface area contributed by atoms with Crippen LogP contribution in [0.3, 0.4) is 0 Å². The Bertz CT molecular complexity index is 625. The molecule has 0 aromatic heterocycles. The second-order valence-electron chi connectivity index (χ2n) is 4.55. The van der Waals surface area contributed by atoms with Crippen LogP contribution in [0.5, 0.6) is 0 Å². The van der Waals surface area contributed by atoms with Crippen molar-refractivity contribution < 1.29 is 17.6 Å². The molecule has 0 amide bonds. The van der Waals surface area contributed by atoms with Crippen molar-refractivity contribution in [1.82, 2.24) is 5.32 Å². The molecule has 2 aromatic carbocycles. The largest absolute Gasteiger partial charge is 0.416 e. The van der Waals surface area contributed by atoms with Crippen LogP contribution in [0.15, 0.2) is 42.5 Å². The summed E-state index contributed by atoms with van der Waals surface area (Å²) >= 11 is 5.65. The van der Waals surface area contributed by atoms with Crippen molar-refractivity contribution >= 4 is 11.6 Å². The zero-order valence-electron chi connectivity index (χ0n) is 10.8. The number of hydrogen-bond donors (Lipinski definition) is 1. The number of halogens is 5. The van der Waals surface area contributed by atoms with Gasteiger partial charge < -0.3 is 5.32 Å². The van der Waals surface area contributed by atoms with E-state index in [-0.39, 0.29) is 11.6 Å². The van der Waals surface area contributed by atoms with Crippen molar-refractivity contribution in [2.45, 2.75) is 19.3 Å². The van der Waals surface area contributed by atoms with Crippen LogP contribution in [0, 0.1) is 5.82 Å². The van der Waals surface area contributed by atoms with Crippen molar-refractivity contribution in [2.75, 3.05) is 0 Å². The molecule has 2 rings (SSSR count). The molecule has 0 aliphatic rings. The monoisotopic (exact) mass is 317 g/mol. The summed E-state index contributed by atoms with van der Waals surface area (Å²) in [6, 6.07) is 9.42. The molecule has 0 saturated carbocycles. The third-order valence-corrected chi connectivity index (χ3v) is 3.19. The molecule has 0 fully saturated rings. The van der Waals surface area contributed by atoms with Crippen molar-refractivity contribution in [3.05, 3.63) is 70.0 Å². The summed E-state index contributed by atoms with van der Waals surface area (Å²) in [6.45, 7) is 0.662. The van der Waals surface area contributed by atoms with Crippen molar-refractivity contribution in [3.63, 3.8) is 0 Å². The molecule has 0 aliphatic carbocycles. The minimum absolute atomic E-state index is 0.0216. The van der Waals surface area contributed by atoms with Crippen LogP contribution in [0.4, 0.5) is 17.6 Å². The summed E-state index contributed by atoms with van der Waals surface area (Å²) in [7, 11) is 0. The molecule has 1 nitrogen and oxygen atoms in total. The highest BCUT2D eigenvalue weighted by molar-refractivity contribution is 6.30. The topological polar surface area (TPSA) is 12.0 Å². The number of nitrogens with one attached hydrogen (secondary N) is 1. The van der Waals surface area contributed by atoms with E-state index in [1.807, 2.05) is 0 Å². The first-order valence-electron chi connectivity index (χ1n) is 6.17. The Morgan fingerprint density at radius 3 is 2.24 bits per heavy atom. The van der Waals surface area contributed by atoms with Gasteiger partial charge in [-0.1, -0.05) is 35.9 Å². The van der Waals surface area contributed by atoms with Gasteiger partial charge in [0.25, 0.3) is 0 Å². The molecule has 0 heterocycles. The Hall–Kier alpha value is -1.59. The Kier molecular flexibility index (Phi) is 4.85. The van der Waals surface area contributed by atoms with Crippen LogP contribution in [0.25, 0.3) is 0 Å². The molecule has 6 heteroatoms. The maximum Gasteiger partial charge on any atom is 0.416 e. The Labute approximate surface area is 124 Å². The summed E-state index contributed by atoms with van der Waals surface area (Å²) in [5, 5.41) is 3.02. The van der Waals surface area contributed by atoms with Gasteiger partial charge in [0.15, 0.2) is 0 Å². The average molecular weight is 318 g/mol. The molecule has 0 bridgehead atoms. The van der Waals surface area contributed by atoms with Gasteiger partial charge in [-0.2, -0.15) is 13.2 Å². The summed E-state index contributed by atoms with van der Waals surface area (Å²) in [4.78, 5) is 0. The molecule has 0 aliphatic heterocycles. The average Bonchev–Trinajstić information content (AvgIpc) is 2.42. The highest BCUT2D eigenvalue weighted by atomic mass is 35.5. The second-order valence-corrected chi connectivity index (χ2v) is 4.96. The van der Waals surface area contributed by atoms with E-state index >= 15 is 0 Å². The van der Waals surface area contributed by atoms with Gasteiger partial charge in [-0.3, -0.25) is 0 Å². The smallest absolute Gasteiger partial charge is 0.309 e. The Balaban J connectivity index is 1.96. The predicted molar refractivity (Wildman–Crippen MR) is 73.4 cm³/mol. The van der Waals surface area contributed by atoms with E-state index in [2.05, 4.69) is 5.32 Å². The van der Waals surface area contributed by atoms with Crippen LogP contribution >= 0.6 is 11.6 Å². The summed E-state index contributed by atoms with van der Waals surface area (Å²) in [5.41, 5.74) is 0.609. The van der Waals surface area contributed by atoms with E-state index < -0.39 is 17.6 Å². The third-order valence-electron chi connectivity index (χ3n) is 2.90. The first kappa shape index (κ1) is 15.8. The predicted octanol–water partition coefficient (Wildman–Crippen LogP) is 4.79. The fraction of sp³-hybridized carbons (Fsp3) is 0.200. The molecule has 21 heavy (non-hydrogen) atoms. The van der Waals surface area contributed by atoms with Gasteiger partial charge in [-0.15, -0.1) is 0 Å². The van der Waals surface area contributed by atoms with Crippen LogP contribution < -0.4 is 5.32 Å². The van der Waals surface area contributed by atoms with Gasteiger partial charge >= 0.3 is 6.18 Å². The first-order valence-corrected chi connectivity index (χ1v) is 6.55. The number of hydrogen-bond acceptors (Lipinski definition) is 1. The van der Waals surface area contributed by atoms with Gasteiger partial charge in [-0.25, -0.2) is 4.39 Å². The van der Waals surface area contributed by atoms with Crippen LogP contribution in [-0.2, 0) is 19.3 Å². The first-order chi connectivity index (χ1) is 9.86. The normalized spacial score (nSPS) is 11.7. The van der Waals surface area contributed by atoms with Gasteiger partial charge in [-0.05, 0) is 29.3 Å². The maximum absolute atomic E-state index is 13.0. The van der Waals surface area contributed by atoms with E-state index in [1.54, 1.807) is 12.1 Å². The summed E-state index contributed by atoms with van der Waals surface area (Å²) in [6.07, 6.45) is -4.35. The quantitative estimate of drug-likeness (QED) is 0.800. The highest BCUT2D eigenvalue weighted by Gasteiger charge is 2.30. The molecular formula is C15H12ClF4N. The Morgan fingerprint density at radius 2 is 1.62 bits per heavy atom. The van der Waals surface area contributed by atoms with Crippen molar-refractivity contribution in [2.24, 2.45) is 0 Å². The summed E-state index contributed by atoms with van der Waals surface area (Å²) in [5.74, 6) is -0.502. The minimum atomic E-state index is -4.35. The molecule has 0 atom stereocenters.